The summed E-state index contributed by atoms with van der Waals surface area (Å²) >= 11 is 0. The molecule has 7 heteroatoms. The third-order valence-electron chi connectivity index (χ3n) is 2.79. The first-order chi connectivity index (χ1) is 8.09. The van der Waals surface area contributed by atoms with Gasteiger partial charge in [-0.05, 0) is 7.05 Å². The van der Waals surface area contributed by atoms with E-state index in [-0.39, 0.29) is 11.3 Å². The molecule has 1 aromatic heterocycles. The first-order valence-corrected chi connectivity index (χ1v) is 5.25. The summed E-state index contributed by atoms with van der Waals surface area (Å²) in [4.78, 5) is 26.5. The molecule has 1 aliphatic rings. The zero-order valence-corrected chi connectivity index (χ0v) is 9.42. The molecule has 1 amide bonds. The van der Waals surface area contributed by atoms with Gasteiger partial charge in [0, 0.05) is 26.2 Å². The Kier molecular flexibility index (Phi) is 3.10. The summed E-state index contributed by atoms with van der Waals surface area (Å²) < 4.78 is 4.73. The van der Waals surface area contributed by atoms with Gasteiger partial charge < -0.3 is 19.4 Å². The average Bonchev–Trinajstić information content (AvgIpc) is 2.78. The van der Waals surface area contributed by atoms with Gasteiger partial charge in [0.25, 0.3) is 5.91 Å². The van der Waals surface area contributed by atoms with Crippen molar-refractivity contribution >= 4 is 11.9 Å². The van der Waals surface area contributed by atoms with Crippen LogP contribution in [0, 0.1) is 0 Å². The van der Waals surface area contributed by atoms with Gasteiger partial charge in [-0.2, -0.15) is 0 Å². The van der Waals surface area contributed by atoms with Crippen LogP contribution in [0.15, 0.2) is 10.7 Å². The molecule has 0 spiro atoms. The fraction of sp³-hybridized carbons (Fsp3) is 0.500. The molecule has 0 saturated carbocycles. The zero-order chi connectivity index (χ0) is 12.4. The van der Waals surface area contributed by atoms with E-state index in [1.807, 2.05) is 7.05 Å². The van der Waals surface area contributed by atoms with E-state index in [2.05, 4.69) is 10.1 Å². The van der Waals surface area contributed by atoms with Crippen LogP contribution in [0.2, 0.25) is 0 Å². The maximum Gasteiger partial charge on any atom is 0.341 e. The third-order valence-corrected chi connectivity index (χ3v) is 2.79. The Bertz CT molecular complexity index is 435. The largest absolute Gasteiger partial charge is 0.477 e. The van der Waals surface area contributed by atoms with E-state index in [4.69, 9.17) is 9.63 Å². The van der Waals surface area contributed by atoms with Crippen molar-refractivity contribution in [1.29, 1.82) is 0 Å². The maximum absolute atomic E-state index is 12.0. The number of carboxylic acids is 1. The SMILES string of the molecule is CN1CCN(C(=O)c2oncc2C(=O)O)CC1. The molecule has 1 fully saturated rings. The van der Waals surface area contributed by atoms with Crippen molar-refractivity contribution < 1.29 is 19.2 Å². The summed E-state index contributed by atoms with van der Waals surface area (Å²) in [5.74, 6) is -1.81. The number of rotatable bonds is 2. The van der Waals surface area contributed by atoms with Crippen molar-refractivity contribution in [2.75, 3.05) is 33.2 Å². The Morgan fingerprint density at radius 3 is 2.59 bits per heavy atom. The highest BCUT2D eigenvalue weighted by molar-refractivity contribution is 6.02. The molecule has 17 heavy (non-hydrogen) atoms. The van der Waals surface area contributed by atoms with Gasteiger partial charge in [0.15, 0.2) is 0 Å². The minimum atomic E-state index is -1.20. The second-order valence-electron chi connectivity index (χ2n) is 3.97. The highest BCUT2D eigenvalue weighted by atomic mass is 16.5. The number of nitrogens with zero attached hydrogens (tertiary/aromatic N) is 3. The van der Waals surface area contributed by atoms with Crippen LogP contribution < -0.4 is 0 Å². The van der Waals surface area contributed by atoms with Crippen molar-refractivity contribution in [3.8, 4) is 0 Å². The van der Waals surface area contributed by atoms with E-state index in [0.717, 1.165) is 19.3 Å². The van der Waals surface area contributed by atoms with Gasteiger partial charge in [0.05, 0.1) is 6.20 Å². The van der Waals surface area contributed by atoms with Crippen molar-refractivity contribution in [2.45, 2.75) is 0 Å². The van der Waals surface area contributed by atoms with E-state index in [0.29, 0.717) is 13.1 Å². The number of piperazine rings is 1. The second-order valence-corrected chi connectivity index (χ2v) is 3.97. The van der Waals surface area contributed by atoms with Crippen LogP contribution >= 0.6 is 0 Å². The Hall–Kier alpha value is -1.89. The lowest BCUT2D eigenvalue weighted by atomic mass is 10.2. The van der Waals surface area contributed by atoms with Crippen LogP contribution in [-0.2, 0) is 0 Å². The van der Waals surface area contributed by atoms with E-state index in [1.165, 1.54) is 0 Å². The van der Waals surface area contributed by atoms with Crippen LogP contribution in [0.25, 0.3) is 0 Å². The van der Waals surface area contributed by atoms with Crippen LogP contribution in [0.3, 0.4) is 0 Å². The number of hydrogen-bond acceptors (Lipinski definition) is 5. The van der Waals surface area contributed by atoms with Crippen LogP contribution in [0.5, 0.6) is 0 Å². The number of carboxylic acid groups (broad SMARTS) is 1. The molecule has 0 radical (unpaired) electrons. The molecule has 0 aromatic carbocycles. The number of aromatic carboxylic acids is 1. The Labute approximate surface area is 97.6 Å². The quantitative estimate of drug-likeness (QED) is 0.766. The Morgan fingerprint density at radius 2 is 2.00 bits per heavy atom. The minimum Gasteiger partial charge on any atom is -0.477 e. The predicted octanol–water partition coefficient (Wildman–Crippen LogP) is -0.240. The molecule has 92 valence electrons. The van der Waals surface area contributed by atoms with Crippen molar-refractivity contribution in [2.24, 2.45) is 0 Å². The molecule has 2 rings (SSSR count). The number of aromatic nitrogens is 1. The average molecular weight is 239 g/mol. The molecule has 1 saturated heterocycles. The van der Waals surface area contributed by atoms with Crippen molar-refractivity contribution in [3.05, 3.63) is 17.5 Å². The number of carbonyl (C=O) groups is 2. The fourth-order valence-electron chi connectivity index (χ4n) is 1.70. The number of hydrogen-bond donors (Lipinski definition) is 1. The normalized spacial score (nSPS) is 17.1. The molecular formula is C10H13N3O4. The van der Waals surface area contributed by atoms with Gasteiger partial charge in [-0.3, -0.25) is 4.79 Å². The summed E-state index contributed by atoms with van der Waals surface area (Å²) in [6.07, 6.45) is 1.05. The van der Waals surface area contributed by atoms with E-state index >= 15 is 0 Å². The molecule has 7 nitrogen and oxygen atoms in total. The van der Waals surface area contributed by atoms with Crippen molar-refractivity contribution in [1.82, 2.24) is 15.0 Å². The standard InChI is InChI=1S/C10H13N3O4/c1-12-2-4-13(5-3-12)9(14)8-7(10(15)16)6-11-17-8/h6H,2-5H2,1H3,(H,15,16). The van der Waals surface area contributed by atoms with Gasteiger partial charge in [-0.25, -0.2) is 4.79 Å². The second kappa shape index (κ2) is 4.54. The number of likely N-dealkylation sites (N-methyl/N-ethyl adjacent to an activating group) is 1. The molecule has 2 heterocycles. The van der Waals surface area contributed by atoms with Crippen molar-refractivity contribution in [3.63, 3.8) is 0 Å². The molecule has 1 aromatic rings. The molecule has 0 bridgehead atoms. The smallest absolute Gasteiger partial charge is 0.341 e. The van der Waals surface area contributed by atoms with Crippen LogP contribution in [0.1, 0.15) is 20.9 Å². The Morgan fingerprint density at radius 1 is 1.35 bits per heavy atom. The fourth-order valence-corrected chi connectivity index (χ4v) is 1.70. The Balaban J connectivity index is 2.14. The monoisotopic (exact) mass is 239 g/mol. The number of carbonyl (C=O) groups excluding carboxylic acids is 1. The van der Waals surface area contributed by atoms with Gasteiger partial charge in [-0.1, -0.05) is 5.16 Å². The summed E-state index contributed by atoms with van der Waals surface area (Å²) in [6.45, 7) is 2.66. The molecule has 0 unspecified atom stereocenters. The highest BCUT2D eigenvalue weighted by Gasteiger charge is 2.28. The van der Waals surface area contributed by atoms with E-state index in [1.54, 1.807) is 4.90 Å². The zero-order valence-electron chi connectivity index (χ0n) is 9.42. The molecular weight excluding hydrogens is 226 g/mol. The number of amides is 1. The lowest BCUT2D eigenvalue weighted by molar-refractivity contribution is 0.0600. The lowest BCUT2D eigenvalue weighted by Crippen LogP contribution is -2.47. The maximum atomic E-state index is 12.0. The van der Waals surface area contributed by atoms with Crippen LogP contribution in [0.4, 0.5) is 0 Å². The molecule has 1 aliphatic heterocycles. The summed E-state index contributed by atoms with van der Waals surface area (Å²) in [5.41, 5.74) is -0.186. The summed E-state index contributed by atoms with van der Waals surface area (Å²) in [7, 11) is 1.97. The summed E-state index contributed by atoms with van der Waals surface area (Å²) in [6, 6.07) is 0. The van der Waals surface area contributed by atoms with Gasteiger partial charge >= 0.3 is 5.97 Å². The predicted molar refractivity (Wildman–Crippen MR) is 56.9 cm³/mol. The molecule has 0 aliphatic carbocycles. The third kappa shape index (κ3) is 2.28. The van der Waals surface area contributed by atoms with E-state index in [9.17, 15) is 9.59 Å². The van der Waals surface area contributed by atoms with Gasteiger partial charge in [-0.15, -0.1) is 0 Å². The topological polar surface area (TPSA) is 86.9 Å². The van der Waals surface area contributed by atoms with Gasteiger partial charge in [0.2, 0.25) is 5.76 Å². The summed E-state index contributed by atoms with van der Waals surface area (Å²) in [5, 5.41) is 12.2. The highest BCUT2D eigenvalue weighted by Crippen LogP contribution is 2.12. The van der Waals surface area contributed by atoms with Gasteiger partial charge in [0.1, 0.15) is 5.56 Å². The van der Waals surface area contributed by atoms with Crippen LogP contribution in [-0.4, -0.2) is 65.2 Å². The first-order valence-electron chi connectivity index (χ1n) is 5.25. The first kappa shape index (κ1) is 11.6. The molecule has 0 atom stereocenters. The lowest BCUT2D eigenvalue weighted by Gasteiger charge is -2.31. The minimum absolute atomic E-state index is 0.186. The molecule has 1 N–H and O–H groups in total. The van der Waals surface area contributed by atoms with E-state index < -0.39 is 11.9 Å².